The highest BCUT2D eigenvalue weighted by atomic mass is 16.5. The summed E-state index contributed by atoms with van der Waals surface area (Å²) >= 11 is 0. The van der Waals surface area contributed by atoms with E-state index in [1.54, 1.807) is 0 Å². The molecule has 4 nitrogen and oxygen atoms in total. The van der Waals surface area contributed by atoms with Gasteiger partial charge < -0.3 is 10.1 Å². The van der Waals surface area contributed by atoms with E-state index in [4.69, 9.17) is 4.74 Å². The minimum atomic E-state index is -0.179. The molecule has 0 saturated carbocycles. The molecule has 1 rings (SSSR count). The van der Waals surface area contributed by atoms with Crippen molar-refractivity contribution in [2.75, 3.05) is 13.2 Å². The van der Waals surface area contributed by atoms with Crippen molar-refractivity contribution in [3.8, 4) is 0 Å². The summed E-state index contributed by atoms with van der Waals surface area (Å²) in [4.78, 5) is 23.2. The van der Waals surface area contributed by atoms with E-state index in [0.717, 1.165) is 5.56 Å². The lowest BCUT2D eigenvalue weighted by Gasteiger charge is -2.19. The van der Waals surface area contributed by atoms with Crippen molar-refractivity contribution in [3.63, 3.8) is 0 Å². The highest BCUT2D eigenvalue weighted by molar-refractivity contribution is 6.00. The van der Waals surface area contributed by atoms with Crippen molar-refractivity contribution >= 4 is 11.6 Å². The summed E-state index contributed by atoms with van der Waals surface area (Å²) in [5.41, 5.74) is 0.892. The van der Waals surface area contributed by atoms with E-state index >= 15 is 0 Å². The third kappa shape index (κ3) is 7.81. The normalized spacial score (nSPS) is 11.3. The molecule has 110 valence electrons. The molecule has 1 N–H and O–H groups in total. The Labute approximate surface area is 120 Å². The maximum Gasteiger partial charge on any atom is 0.165 e. The monoisotopic (exact) mass is 277 g/mol. The zero-order chi connectivity index (χ0) is 15.0. The van der Waals surface area contributed by atoms with Gasteiger partial charge in [0.25, 0.3) is 0 Å². The topological polar surface area (TPSA) is 55.4 Å². The Morgan fingerprint density at radius 3 is 2.35 bits per heavy atom. The van der Waals surface area contributed by atoms with E-state index in [0.29, 0.717) is 6.61 Å². The lowest BCUT2D eigenvalue weighted by molar-refractivity contribution is -0.129. The predicted octanol–water partition coefficient (Wildman–Crippen LogP) is 2.12. The molecule has 0 heterocycles. The minimum absolute atomic E-state index is 0.0177. The SMILES string of the molecule is CC(C)(C)NCC(=O)CC(=O)COCc1ccccc1. The molecule has 0 aromatic heterocycles. The summed E-state index contributed by atoms with van der Waals surface area (Å²) in [6.45, 7) is 6.52. The molecule has 20 heavy (non-hydrogen) atoms. The van der Waals surface area contributed by atoms with E-state index in [1.165, 1.54) is 0 Å². The number of nitrogens with one attached hydrogen (secondary N) is 1. The van der Waals surface area contributed by atoms with Crippen LogP contribution < -0.4 is 5.32 Å². The van der Waals surface area contributed by atoms with Gasteiger partial charge in [-0.25, -0.2) is 0 Å². The van der Waals surface area contributed by atoms with Gasteiger partial charge in [0.05, 0.1) is 19.6 Å². The second-order valence-electron chi connectivity index (χ2n) is 5.84. The zero-order valence-corrected chi connectivity index (χ0v) is 12.4. The molecule has 4 heteroatoms. The molecular formula is C16H23NO3. The first kappa shape index (κ1) is 16.5. The van der Waals surface area contributed by atoms with Crippen molar-refractivity contribution in [3.05, 3.63) is 35.9 Å². The molecule has 0 unspecified atom stereocenters. The Hall–Kier alpha value is -1.52. The van der Waals surface area contributed by atoms with Crippen LogP contribution in [0, 0.1) is 0 Å². The third-order valence-electron chi connectivity index (χ3n) is 2.58. The maximum absolute atomic E-state index is 11.6. The smallest absolute Gasteiger partial charge is 0.165 e. The molecule has 0 fully saturated rings. The molecule has 0 saturated heterocycles. The van der Waals surface area contributed by atoms with Gasteiger partial charge in [-0.15, -0.1) is 0 Å². The molecule has 0 aliphatic rings. The molecule has 0 bridgehead atoms. The quantitative estimate of drug-likeness (QED) is 0.740. The van der Waals surface area contributed by atoms with Gasteiger partial charge in [-0.3, -0.25) is 9.59 Å². The molecule has 0 spiro atoms. The fraction of sp³-hybridized carbons (Fsp3) is 0.500. The fourth-order valence-electron chi connectivity index (χ4n) is 1.55. The number of rotatable bonds is 8. The number of ether oxygens (including phenoxy) is 1. The molecule has 0 atom stereocenters. The van der Waals surface area contributed by atoms with Crippen LogP contribution in [-0.4, -0.2) is 30.3 Å². The minimum Gasteiger partial charge on any atom is -0.369 e. The van der Waals surface area contributed by atoms with E-state index in [2.05, 4.69) is 5.32 Å². The van der Waals surface area contributed by atoms with Gasteiger partial charge >= 0.3 is 0 Å². The Morgan fingerprint density at radius 2 is 1.75 bits per heavy atom. The van der Waals surface area contributed by atoms with Crippen LogP contribution in [0.25, 0.3) is 0 Å². The molecule has 0 aliphatic heterocycles. The van der Waals surface area contributed by atoms with E-state index in [9.17, 15) is 9.59 Å². The van der Waals surface area contributed by atoms with Gasteiger partial charge in [-0.05, 0) is 26.3 Å². The number of Topliss-reactive ketones (excluding diaryl/α,β-unsaturated/α-hetero) is 2. The predicted molar refractivity (Wildman–Crippen MR) is 78.5 cm³/mol. The van der Waals surface area contributed by atoms with Gasteiger partial charge in [0.2, 0.25) is 0 Å². The van der Waals surface area contributed by atoms with Gasteiger partial charge in [-0.1, -0.05) is 30.3 Å². The van der Waals surface area contributed by atoms with Crippen LogP contribution in [0.15, 0.2) is 30.3 Å². The lowest BCUT2D eigenvalue weighted by Crippen LogP contribution is -2.39. The van der Waals surface area contributed by atoms with Crippen molar-refractivity contribution in [1.29, 1.82) is 0 Å². The van der Waals surface area contributed by atoms with E-state index < -0.39 is 0 Å². The molecular weight excluding hydrogens is 254 g/mol. The third-order valence-corrected chi connectivity index (χ3v) is 2.58. The highest BCUT2D eigenvalue weighted by Crippen LogP contribution is 2.01. The number of hydrogen-bond donors (Lipinski definition) is 1. The van der Waals surface area contributed by atoms with Crippen LogP contribution in [0.4, 0.5) is 0 Å². The molecule has 1 aromatic rings. The number of ketones is 2. The van der Waals surface area contributed by atoms with E-state index in [1.807, 2.05) is 51.1 Å². The first-order valence-corrected chi connectivity index (χ1v) is 6.77. The summed E-state index contributed by atoms with van der Waals surface area (Å²) in [6.07, 6.45) is -0.0716. The maximum atomic E-state index is 11.6. The summed E-state index contributed by atoms with van der Waals surface area (Å²) in [5, 5.41) is 3.07. The largest absolute Gasteiger partial charge is 0.369 e. The standard InChI is InChI=1S/C16H23NO3/c1-16(2,3)17-10-14(18)9-15(19)12-20-11-13-7-5-4-6-8-13/h4-8,17H,9-12H2,1-3H3. The Balaban J connectivity index is 2.18. The summed E-state index contributed by atoms with van der Waals surface area (Å²) in [6, 6.07) is 9.63. The average Bonchev–Trinajstić information content (AvgIpc) is 2.37. The van der Waals surface area contributed by atoms with Crippen molar-refractivity contribution < 1.29 is 14.3 Å². The fourth-order valence-corrected chi connectivity index (χ4v) is 1.55. The Morgan fingerprint density at radius 1 is 1.10 bits per heavy atom. The Kier molecular flexibility index (Phi) is 6.55. The second-order valence-corrected chi connectivity index (χ2v) is 5.84. The second kappa shape index (κ2) is 7.92. The number of carbonyl (C=O) groups excluding carboxylic acids is 2. The van der Waals surface area contributed by atoms with Crippen LogP contribution in [0.3, 0.4) is 0 Å². The molecule has 0 aliphatic carbocycles. The number of carbonyl (C=O) groups is 2. The van der Waals surface area contributed by atoms with E-state index in [-0.39, 0.29) is 36.7 Å². The number of benzene rings is 1. The first-order valence-electron chi connectivity index (χ1n) is 6.77. The summed E-state index contributed by atoms with van der Waals surface area (Å²) in [7, 11) is 0. The first-order chi connectivity index (χ1) is 9.37. The van der Waals surface area contributed by atoms with Crippen LogP contribution in [0.5, 0.6) is 0 Å². The highest BCUT2D eigenvalue weighted by Gasteiger charge is 2.14. The number of hydrogen-bond acceptors (Lipinski definition) is 4. The van der Waals surface area contributed by atoms with Gasteiger partial charge in [0.15, 0.2) is 11.6 Å². The molecule has 0 amide bonds. The van der Waals surface area contributed by atoms with Crippen molar-refractivity contribution in [2.24, 2.45) is 0 Å². The van der Waals surface area contributed by atoms with Crippen LogP contribution in [-0.2, 0) is 20.9 Å². The van der Waals surface area contributed by atoms with Gasteiger partial charge in [-0.2, -0.15) is 0 Å². The molecule has 0 radical (unpaired) electrons. The van der Waals surface area contributed by atoms with Gasteiger partial charge in [0, 0.05) is 5.54 Å². The molecule has 1 aromatic carbocycles. The zero-order valence-electron chi connectivity index (χ0n) is 12.4. The summed E-state index contributed by atoms with van der Waals surface area (Å²) in [5.74, 6) is -0.283. The van der Waals surface area contributed by atoms with Crippen LogP contribution >= 0.6 is 0 Å². The van der Waals surface area contributed by atoms with Crippen molar-refractivity contribution in [2.45, 2.75) is 39.3 Å². The van der Waals surface area contributed by atoms with Crippen LogP contribution in [0.2, 0.25) is 0 Å². The van der Waals surface area contributed by atoms with Crippen LogP contribution in [0.1, 0.15) is 32.8 Å². The van der Waals surface area contributed by atoms with Crippen molar-refractivity contribution in [1.82, 2.24) is 5.32 Å². The lowest BCUT2D eigenvalue weighted by atomic mass is 10.1. The summed E-state index contributed by atoms with van der Waals surface area (Å²) < 4.78 is 5.31. The Bertz CT molecular complexity index is 435. The van der Waals surface area contributed by atoms with Gasteiger partial charge in [0.1, 0.15) is 6.61 Å². The average molecular weight is 277 g/mol.